The van der Waals surface area contributed by atoms with Gasteiger partial charge >= 0.3 is 0 Å². The molecule has 4 N–H and O–H groups in total. The molecule has 0 radical (unpaired) electrons. The summed E-state index contributed by atoms with van der Waals surface area (Å²) in [6.07, 6.45) is 0.657. The van der Waals surface area contributed by atoms with Crippen molar-refractivity contribution >= 4 is 22.2 Å². The molecule has 1 aliphatic rings. The van der Waals surface area contributed by atoms with Crippen molar-refractivity contribution < 1.29 is 13.8 Å². The van der Waals surface area contributed by atoms with Gasteiger partial charge in [0, 0.05) is 5.92 Å². The maximum absolute atomic E-state index is 11.1. The number of hydrogen-bond donors (Lipinski definition) is 3. The molecule has 0 saturated heterocycles. The van der Waals surface area contributed by atoms with Gasteiger partial charge in [-0.25, -0.2) is 4.31 Å². The Morgan fingerprint density at radius 2 is 1.92 bits per heavy atom. The fourth-order valence-corrected chi connectivity index (χ4v) is 5.07. The molecule has 2 atom stereocenters. The van der Waals surface area contributed by atoms with Crippen molar-refractivity contribution in [3.8, 4) is 5.75 Å². The number of hydrogen-bond acceptors (Lipinski definition) is 5. The van der Waals surface area contributed by atoms with Gasteiger partial charge in [0.15, 0.2) is 0 Å². The first-order valence-electron chi connectivity index (χ1n) is 8.05. The van der Waals surface area contributed by atoms with E-state index < -0.39 is 16.2 Å². The van der Waals surface area contributed by atoms with Gasteiger partial charge in [0.1, 0.15) is 11.4 Å². The zero-order chi connectivity index (χ0) is 17.3. The normalized spacial score (nSPS) is 21.5. The number of nitrogens with two attached hydrogens (primary N) is 1. The molecule has 0 bridgehead atoms. The van der Waals surface area contributed by atoms with Gasteiger partial charge in [-0.05, 0) is 49.7 Å². The Bertz CT molecular complexity index is 709. The van der Waals surface area contributed by atoms with Crippen LogP contribution in [-0.2, 0) is 0 Å². The van der Waals surface area contributed by atoms with E-state index in [0.29, 0.717) is 24.4 Å². The quantitative estimate of drug-likeness (QED) is 0.758. The minimum absolute atomic E-state index is 0.0827. The van der Waals surface area contributed by atoms with Crippen LogP contribution in [0.25, 0.3) is 0 Å². The Morgan fingerprint density at radius 1 is 1.21 bits per heavy atom. The fraction of sp³-hybridized carbons (Fsp3) is 0.333. The Hall–Kier alpha value is -1.73. The lowest BCUT2D eigenvalue weighted by Gasteiger charge is -2.53. The first-order chi connectivity index (χ1) is 11.4. The summed E-state index contributed by atoms with van der Waals surface area (Å²) in [6, 6.07) is 15.2. The Labute approximate surface area is 144 Å². The predicted molar refractivity (Wildman–Crippen MR) is 99.9 cm³/mol. The number of fused-ring (bicyclic) bond motifs is 1. The van der Waals surface area contributed by atoms with Gasteiger partial charge in [-0.1, -0.05) is 42.0 Å². The molecular formula is C18H24N2O3S. The Morgan fingerprint density at radius 3 is 2.58 bits per heavy atom. The average molecular weight is 348 g/mol. The molecule has 0 aromatic heterocycles. The average Bonchev–Trinajstić information content (AvgIpc) is 2.54. The van der Waals surface area contributed by atoms with Crippen LogP contribution >= 0.6 is 10.8 Å². The second kappa shape index (κ2) is 6.64. The van der Waals surface area contributed by atoms with Crippen molar-refractivity contribution in [3.63, 3.8) is 0 Å². The molecular weight excluding hydrogens is 324 g/mol. The van der Waals surface area contributed by atoms with Crippen LogP contribution in [0, 0.1) is 12.8 Å². The summed E-state index contributed by atoms with van der Waals surface area (Å²) in [5.74, 6) is 0.574. The smallest absolute Gasteiger partial charge is 0.209 e. The molecule has 0 fully saturated rings. The largest absolute Gasteiger partial charge is 0.466 e. The highest BCUT2D eigenvalue weighted by atomic mass is 32.3. The van der Waals surface area contributed by atoms with Gasteiger partial charge in [0.2, 0.25) is 5.44 Å². The molecule has 0 saturated carbocycles. The molecule has 1 aliphatic heterocycles. The van der Waals surface area contributed by atoms with Crippen molar-refractivity contribution in [2.75, 3.05) is 10.8 Å². The van der Waals surface area contributed by atoms with Crippen molar-refractivity contribution in [2.24, 2.45) is 11.7 Å². The molecule has 24 heavy (non-hydrogen) atoms. The monoisotopic (exact) mass is 348 g/mol. The molecule has 2 unspecified atom stereocenters. The molecule has 130 valence electrons. The minimum atomic E-state index is -3.21. The van der Waals surface area contributed by atoms with Gasteiger partial charge in [0.25, 0.3) is 0 Å². The summed E-state index contributed by atoms with van der Waals surface area (Å²) in [7, 11) is -3.21. The van der Waals surface area contributed by atoms with E-state index in [1.54, 1.807) is 4.31 Å². The van der Waals surface area contributed by atoms with Gasteiger partial charge in [0.05, 0.1) is 5.69 Å². The van der Waals surface area contributed by atoms with Crippen LogP contribution in [0.3, 0.4) is 0 Å². The van der Waals surface area contributed by atoms with Crippen molar-refractivity contribution in [2.45, 2.75) is 25.7 Å². The predicted octanol–water partition coefficient (Wildman–Crippen LogP) is 4.50. The molecule has 0 spiro atoms. The molecule has 1 heterocycles. The summed E-state index contributed by atoms with van der Waals surface area (Å²) in [5.41, 5.74) is 7.38. The van der Waals surface area contributed by atoms with Crippen molar-refractivity contribution in [1.82, 2.24) is 0 Å². The van der Waals surface area contributed by atoms with Gasteiger partial charge in [-0.2, -0.15) is 0 Å². The SMILES string of the molecule is Cc1ccc2c(c1)N(c1ccccc1)S(O)(O)C(C(C)CCN)O2. The first-order valence-corrected chi connectivity index (χ1v) is 9.61. The fourth-order valence-electron chi connectivity index (χ4n) is 3.01. The molecule has 0 amide bonds. The van der Waals surface area contributed by atoms with E-state index in [-0.39, 0.29) is 5.92 Å². The van der Waals surface area contributed by atoms with Crippen LogP contribution in [-0.4, -0.2) is 21.1 Å². The van der Waals surface area contributed by atoms with Crippen LogP contribution in [0.15, 0.2) is 48.5 Å². The zero-order valence-electron chi connectivity index (χ0n) is 13.9. The summed E-state index contributed by atoms with van der Waals surface area (Å²) < 4.78 is 29.8. The van der Waals surface area contributed by atoms with Crippen LogP contribution in [0.4, 0.5) is 11.4 Å². The highest BCUT2D eigenvalue weighted by Gasteiger charge is 2.43. The van der Waals surface area contributed by atoms with E-state index in [0.717, 1.165) is 11.3 Å². The van der Waals surface area contributed by atoms with E-state index in [9.17, 15) is 9.11 Å². The van der Waals surface area contributed by atoms with E-state index >= 15 is 0 Å². The maximum atomic E-state index is 11.1. The number of aryl methyl sites for hydroxylation is 1. The number of anilines is 2. The molecule has 2 aromatic rings. The van der Waals surface area contributed by atoms with E-state index in [4.69, 9.17) is 10.5 Å². The number of rotatable bonds is 4. The molecule has 3 rings (SSSR count). The van der Waals surface area contributed by atoms with Crippen molar-refractivity contribution in [1.29, 1.82) is 0 Å². The Kier molecular flexibility index (Phi) is 4.73. The second-order valence-corrected chi connectivity index (χ2v) is 8.16. The highest BCUT2D eigenvalue weighted by molar-refractivity contribution is 8.26. The lowest BCUT2D eigenvalue weighted by atomic mass is 10.1. The third-order valence-electron chi connectivity index (χ3n) is 4.23. The first kappa shape index (κ1) is 17.1. The molecule has 5 nitrogen and oxygen atoms in total. The van der Waals surface area contributed by atoms with E-state index in [1.165, 1.54) is 0 Å². The van der Waals surface area contributed by atoms with E-state index in [1.807, 2.05) is 62.4 Å². The lowest BCUT2D eigenvalue weighted by molar-refractivity contribution is 0.189. The molecule has 2 aromatic carbocycles. The van der Waals surface area contributed by atoms with Gasteiger partial charge in [-0.3, -0.25) is 9.11 Å². The highest BCUT2D eigenvalue weighted by Crippen LogP contribution is 2.62. The van der Waals surface area contributed by atoms with Gasteiger partial charge in [-0.15, -0.1) is 0 Å². The molecule has 6 heteroatoms. The topological polar surface area (TPSA) is 79.0 Å². The minimum Gasteiger partial charge on any atom is -0.466 e. The standard InChI is InChI=1S/C18H24N2O3S/c1-13-8-9-17-16(12-13)20(15-6-4-3-5-7-15)24(21,22)18(23-17)14(2)10-11-19/h3-9,12,14,18,21-22H,10-11,19H2,1-2H3. The zero-order valence-corrected chi connectivity index (χ0v) is 14.7. The van der Waals surface area contributed by atoms with Crippen LogP contribution < -0.4 is 14.8 Å². The second-order valence-electron chi connectivity index (χ2n) is 6.20. The van der Waals surface area contributed by atoms with Crippen LogP contribution in [0.1, 0.15) is 18.9 Å². The van der Waals surface area contributed by atoms with Crippen molar-refractivity contribution in [3.05, 3.63) is 54.1 Å². The number of nitrogens with zero attached hydrogens (tertiary/aromatic N) is 1. The summed E-state index contributed by atoms with van der Waals surface area (Å²) in [4.78, 5) is 0. The summed E-state index contributed by atoms with van der Waals surface area (Å²) in [6.45, 7) is 4.38. The Balaban J connectivity index is 2.14. The van der Waals surface area contributed by atoms with Crippen LogP contribution in [0.2, 0.25) is 0 Å². The van der Waals surface area contributed by atoms with Crippen LogP contribution in [0.5, 0.6) is 5.75 Å². The van der Waals surface area contributed by atoms with Gasteiger partial charge < -0.3 is 10.5 Å². The summed E-state index contributed by atoms with van der Waals surface area (Å²) in [5, 5.41) is 0. The lowest BCUT2D eigenvalue weighted by Crippen LogP contribution is -2.43. The maximum Gasteiger partial charge on any atom is 0.209 e. The molecule has 0 aliphatic carbocycles. The number of ether oxygens (including phenoxy) is 1. The number of para-hydroxylation sites is 1. The third kappa shape index (κ3) is 2.98. The third-order valence-corrected chi connectivity index (χ3v) is 6.36. The van der Waals surface area contributed by atoms with E-state index in [2.05, 4.69) is 0 Å². The number of benzene rings is 2. The summed E-state index contributed by atoms with van der Waals surface area (Å²) >= 11 is 0.